The highest BCUT2D eigenvalue weighted by Crippen LogP contribution is 2.40. The Balaban J connectivity index is 2.09. The lowest BCUT2D eigenvalue weighted by molar-refractivity contribution is 0.630. The quantitative estimate of drug-likeness (QED) is 0.286. The topological polar surface area (TPSA) is 137 Å². The zero-order valence-electron chi connectivity index (χ0n) is 16.3. The van der Waals surface area contributed by atoms with Gasteiger partial charge in [-0.05, 0) is 18.2 Å². The molecule has 0 fully saturated rings. The van der Waals surface area contributed by atoms with Gasteiger partial charge in [0.1, 0.15) is 23.6 Å². The van der Waals surface area contributed by atoms with Crippen molar-refractivity contribution < 1.29 is 4.39 Å². The molecule has 0 radical (unpaired) electrons. The van der Waals surface area contributed by atoms with Gasteiger partial charge in [-0.2, -0.15) is 10.5 Å². The zero-order chi connectivity index (χ0) is 22.0. The number of H-pyrrole nitrogens is 1. The number of allylic oxidation sites excluding steroid dienone is 1. The molecule has 0 unspecified atom stereocenters. The van der Waals surface area contributed by atoms with E-state index >= 15 is 0 Å². The molecule has 0 aliphatic carbocycles. The summed E-state index contributed by atoms with van der Waals surface area (Å²) < 4.78 is 14.3. The minimum Gasteiger partial charge on any atom is -0.386 e. The molecule has 9 heteroatoms. The Morgan fingerprint density at radius 3 is 2.77 bits per heavy atom. The number of nitrogens with one attached hydrogen (secondary N) is 4. The summed E-state index contributed by atoms with van der Waals surface area (Å²) >= 11 is 0. The molecule has 0 bridgehead atoms. The average Bonchev–Trinajstić information content (AvgIpc) is 3.17. The van der Waals surface area contributed by atoms with Gasteiger partial charge in [-0.1, -0.05) is 0 Å². The molecule has 0 saturated heterocycles. The molecule has 0 atom stereocenters. The Morgan fingerprint density at radius 2 is 2.06 bits per heavy atom. The van der Waals surface area contributed by atoms with E-state index in [4.69, 9.17) is 5.41 Å². The van der Waals surface area contributed by atoms with Crippen molar-refractivity contribution in [1.82, 2.24) is 15.0 Å². The molecule has 3 heterocycles. The van der Waals surface area contributed by atoms with Crippen LogP contribution in [0.15, 0.2) is 48.6 Å². The molecule has 3 aromatic heterocycles. The van der Waals surface area contributed by atoms with Crippen LogP contribution in [0.1, 0.15) is 5.56 Å². The van der Waals surface area contributed by atoms with Crippen LogP contribution in [0.25, 0.3) is 33.1 Å². The first-order valence-corrected chi connectivity index (χ1v) is 9.14. The fourth-order valence-electron chi connectivity index (χ4n) is 3.40. The molecule has 0 spiro atoms. The van der Waals surface area contributed by atoms with E-state index < -0.39 is 5.82 Å². The number of fused-ring (bicyclic) bond motifs is 3. The number of hydrogen-bond acceptors (Lipinski definition) is 7. The van der Waals surface area contributed by atoms with Crippen LogP contribution in [-0.4, -0.2) is 28.2 Å². The average molecular weight is 410 g/mol. The normalized spacial score (nSPS) is 11.2. The number of benzene rings is 1. The monoisotopic (exact) mass is 410 g/mol. The Hall–Kier alpha value is -4.76. The predicted octanol–water partition coefficient (Wildman–Crippen LogP) is 4.30. The highest BCUT2D eigenvalue weighted by atomic mass is 19.1. The molecular weight excluding hydrogens is 395 g/mol. The highest BCUT2D eigenvalue weighted by Gasteiger charge is 2.18. The maximum Gasteiger partial charge on any atom is 0.140 e. The number of aromatic nitrogens is 3. The predicted molar refractivity (Wildman–Crippen MR) is 117 cm³/mol. The Labute approximate surface area is 176 Å². The minimum atomic E-state index is -0.421. The van der Waals surface area contributed by atoms with Crippen molar-refractivity contribution in [1.29, 1.82) is 15.9 Å². The number of aromatic amines is 1. The second kappa shape index (κ2) is 7.93. The van der Waals surface area contributed by atoms with Gasteiger partial charge in [0.25, 0.3) is 0 Å². The van der Waals surface area contributed by atoms with Crippen molar-refractivity contribution in [3.05, 3.63) is 59.9 Å². The van der Waals surface area contributed by atoms with E-state index in [-0.39, 0.29) is 5.57 Å². The van der Waals surface area contributed by atoms with Crippen molar-refractivity contribution in [2.24, 2.45) is 0 Å². The SMILES string of the molecule is CNc1cc(F)cc2c1[nH]c1ncc(-c3cncc(C#N)c3)c(N/C=C(/C#N)C=N)c12. The number of anilines is 2. The van der Waals surface area contributed by atoms with Gasteiger partial charge in [0.05, 0.1) is 33.4 Å². The van der Waals surface area contributed by atoms with Crippen LogP contribution >= 0.6 is 0 Å². The van der Waals surface area contributed by atoms with E-state index in [0.29, 0.717) is 50.0 Å². The third-order valence-corrected chi connectivity index (χ3v) is 4.80. The first-order chi connectivity index (χ1) is 15.1. The van der Waals surface area contributed by atoms with Crippen LogP contribution < -0.4 is 10.6 Å². The van der Waals surface area contributed by atoms with Crippen molar-refractivity contribution in [3.63, 3.8) is 0 Å². The molecule has 4 rings (SSSR count). The van der Waals surface area contributed by atoms with E-state index in [9.17, 15) is 14.9 Å². The van der Waals surface area contributed by atoms with Gasteiger partial charge < -0.3 is 21.0 Å². The van der Waals surface area contributed by atoms with E-state index in [1.807, 2.05) is 6.07 Å². The van der Waals surface area contributed by atoms with Gasteiger partial charge in [0.15, 0.2) is 0 Å². The first-order valence-electron chi connectivity index (χ1n) is 9.14. The van der Waals surface area contributed by atoms with E-state index in [0.717, 1.165) is 6.21 Å². The van der Waals surface area contributed by atoms with Gasteiger partial charge in [0.2, 0.25) is 0 Å². The molecule has 4 aromatic rings. The van der Waals surface area contributed by atoms with E-state index in [1.54, 1.807) is 25.5 Å². The molecule has 150 valence electrons. The zero-order valence-corrected chi connectivity index (χ0v) is 16.3. The summed E-state index contributed by atoms with van der Waals surface area (Å²) in [5.41, 5.74) is 3.99. The molecule has 4 N–H and O–H groups in total. The summed E-state index contributed by atoms with van der Waals surface area (Å²) in [7, 11) is 1.70. The van der Waals surface area contributed by atoms with Gasteiger partial charge in [-0.15, -0.1) is 0 Å². The summed E-state index contributed by atoms with van der Waals surface area (Å²) in [6.45, 7) is 0. The number of hydrogen-bond donors (Lipinski definition) is 4. The fourth-order valence-corrected chi connectivity index (χ4v) is 3.40. The second-order valence-corrected chi connectivity index (χ2v) is 6.60. The first kappa shape index (κ1) is 19.6. The fraction of sp³-hybridized carbons (Fsp3) is 0.0455. The lowest BCUT2D eigenvalue weighted by Crippen LogP contribution is -1.97. The van der Waals surface area contributed by atoms with E-state index in [2.05, 4.69) is 31.7 Å². The lowest BCUT2D eigenvalue weighted by atomic mass is 10.0. The van der Waals surface area contributed by atoms with Crippen LogP contribution in [0.5, 0.6) is 0 Å². The van der Waals surface area contributed by atoms with E-state index in [1.165, 1.54) is 24.5 Å². The summed E-state index contributed by atoms with van der Waals surface area (Å²) in [5, 5.41) is 33.0. The molecule has 0 aliphatic heterocycles. The molecule has 0 aliphatic rings. The molecular formula is C22H15FN8. The maximum atomic E-state index is 14.3. The molecule has 0 amide bonds. The summed E-state index contributed by atoms with van der Waals surface area (Å²) in [5.74, 6) is -0.421. The largest absolute Gasteiger partial charge is 0.386 e. The Bertz CT molecular complexity index is 1450. The number of nitrogens with zero attached hydrogens (tertiary/aromatic N) is 4. The maximum absolute atomic E-state index is 14.3. The minimum absolute atomic E-state index is 0.0988. The standard InChI is InChI=1S/C22H15FN8/c1-27-18-4-15(23)3-16-19-21(29-9-13(6-25)7-26)17(11-30-22(19)31-20(16)18)14-2-12(5-24)8-28-10-14/h2-4,6,8-11,25,27H,1H3,(H2,29,30,31)/b13-9+,25-6?. The number of pyridine rings is 2. The number of rotatable bonds is 5. The third kappa shape index (κ3) is 3.41. The molecule has 1 aromatic carbocycles. The van der Waals surface area contributed by atoms with Crippen LogP contribution in [0, 0.1) is 33.9 Å². The number of nitriles is 2. The van der Waals surface area contributed by atoms with Gasteiger partial charge in [-0.3, -0.25) is 4.98 Å². The van der Waals surface area contributed by atoms with Crippen LogP contribution in [0.2, 0.25) is 0 Å². The number of halogens is 1. The smallest absolute Gasteiger partial charge is 0.140 e. The summed E-state index contributed by atoms with van der Waals surface area (Å²) in [6.07, 6.45) is 6.97. The molecule has 8 nitrogen and oxygen atoms in total. The summed E-state index contributed by atoms with van der Waals surface area (Å²) in [4.78, 5) is 11.8. The molecule has 31 heavy (non-hydrogen) atoms. The van der Waals surface area contributed by atoms with Crippen molar-refractivity contribution in [3.8, 4) is 23.3 Å². The van der Waals surface area contributed by atoms with Crippen LogP contribution in [-0.2, 0) is 0 Å². The van der Waals surface area contributed by atoms with Gasteiger partial charge >= 0.3 is 0 Å². The second-order valence-electron chi connectivity index (χ2n) is 6.60. The highest BCUT2D eigenvalue weighted by molar-refractivity contribution is 6.17. The van der Waals surface area contributed by atoms with Crippen molar-refractivity contribution in [2.75, 3.05) is 17.7 Å². The third-order valence-electron chi connectivity index (χ3n) is 4.80. The molecule has 0 saturated carbocycles. The van der Waals surface area contributed by atoms with Gasteiger partial charge in [0, 0.05) is 54.6 Å². The van der Waals surface area contributed by atoms with Crippen molar-refractivity contribution in [2.45, 2.75) is 0 Å². The van der Waals surface area contributed by atoms with Crippen molar-refractivity contribution >= 4 is 39.5 Å². The summed E-state index contributed by atoms with van der Waals surface area (Å²) in [6, 6.07) is 8.43. The Morgan fingerprint density at radius 1 is 1.23 bits per heavy atom. The van der Waals surface area contributed by atoms with Gasteiger partial charge in [-0.25, -0.2) is 9.37 Å². The lowest BCUT2D eigenvalue weighted by Gasteiger charge is -2.12. The Kier molecular flexibility index (Phi) is 5.00. The van der Waals surface area contributed by atoms with Crippen LogP contribution in [0.3, 0.4) is 0 Å². The van der Waals surface area contributed by atoms with Crippen LogP contribution in [0.4, 0.5) is 15.8 Å².